The van der Waals surface area contributed by atoms with Crippen LogP contribution in [0.5, 0.6) is 0 Å². The van der Waals surface area contributed by atoms with Crippen molar-refractivity contribution in [2.24, 2.45) is 12.8 Å². The molecule has 15 heteroatoms. The average molecular weight is 555 g/mol. The number of nitrogens with zero attached hydrogens (tertiary/aromatic N) is 5. The minimum absolute atomic E-state index is 0.0169. The first-order valence-corrected chi connectivity index (χ1v) is 13.0. The van der Waals surface area contributed by atoms with Crippen LogP contribution in [-0.4, -0.2) is 79.9 Å². The SMILES string of the molecule is Cn1nc(C2CCC(=O)NC2=O)c2cccc(COC(=O)N3CCN(C(=O)c4snc(C(N)=O)c4N)CC3)c21. The molecule has 204 valence electrons. The first kappa shape index (κ1) is 26.1. The quantitative estimate of drug-likeness (QED) is 0.372. The number of piperidine rings is 1. The van der Waals surface area contributed by atoms with E-state index in [4.69, 9.17) is 16.2 Å². The number of imide groups is 1. The number of aryl methyl sites for hydroxylation is 1. The minimum atomic E-state index is -0.802. The van der Waals surface area contributed by atoms with Crippen LogP contribution in [0, 0.1) is 0 Å². The second kappa shape index (κ2) is 10.3. The first-order valence-electron chi connectivity index (χ1n) is 12.2. The highest BCUT2D eigenvalue weighted by atomic mass is 32.1. The van der Waals surface area contributed by atoms with Crippen molar-refractivity contribution in [3.63, 3.8) is 0 Å². The Morgan fingerprint density at radius 3 is 2.54 bits per heavy atom. The van der Waals surface area contributed by atoms with E-state index in [1.807, 2.05) is 18.2 Å². The number of hydrogen-bond donors (Lipinski definition) is 3. The Labute approximate surface area is 226 Å². The summed E-state index contributed by atoms with van der Waals surface area (Å²) in [5, 5.41) is 7.68. The number of carbonyl (C=O) groups excluding carboxylic acids is 5. The number of para-hydroxylation sites is 1. The van der Waals surface area contributed by atoms with Gasteiger partial charge in [0.1, 0.15) is 11.5 Å². The molecule has 1 atom stereocenters. The molecule has 5 amide bonds. The van der Waals surface area contributed by atoms with Crippen molar-refractivity contribution in [3.8, 4) is 0 Å². The minimum Gasteiger partial charge on any atom is -0.444 e. The van der Waals surface area contributed by atoms with Crippen LogP contribution in [0.3, 0.4) is 0 Å². The number of fused-ring (bicyclic) bond motifs is 1. The Morgan fingerprint density at radius 2 is 1.87 bits per heavy atom. The molecule has 2 aromatic heterocycles. The van der Waals surface area contributed by atoms with Crippen molar-refractivity contribution in [2.45, 2.75) is 25.4 Å². The molecule has 1 aromatic carbocycles. The van der Waals surface area contributed by atoms with Gasteiger partial charge < -0.3 is 26.0 Å². The van der Waals surface area contributed by atoms with Crippen LogP contribution >= 0.6 is 11.5 Å². The lowest BCUT2D eigenvalue weighted by atomic mass is 9.92. The number of nitrogens with two attached hydrogens (primary N) is 2. The van der Waals surface area contributed by atoms with Gasteiger partial charge in [0.2, 0.25) is 11.8 Å². The lowest BCUT2D eigenvalue weighted by Crippen LogP contribution is -2.50. The van der Waals surface area contributed by atoms with E-state index in [9.17, 15) is 24.0 Å². The van der Waals surface area contributed by atoms with E-state index >= 15 is 0 Å². The van der Waals surface area contributed by atoms with Gasteiger partial charge in [-0.05, 0) is 18.0 Å². The molecule has 2 fully saturated rings. The van der Waals surface area contributed by atoms with Crippen molar-refractivity contribution in [1.29, 1.82) is 0 Å². The number of anilines is 1. The third kappa shape index (κ3) is 4.87. The number of aromatic nitrogens is 3. The number of nitrogen functional groups attached to an aromatic ring is 1. The Morgan fingerprint density at radius 1 is 1.15 bits per heavy atom. The van der Waals surface area contributed by atoms with E-state index in [-0.39, 0.29) is 73.2 Å². The fourth-order valence-corrected chi connectivity index (χ4v) is 5.64. The molecule has 0 radical (unpaired) electrons. The van der Waals surface area contributed by atoms with Gasteiger partial charge in [0.15, 0.2) is 5.69 Å². The molecular weight excluding hydrogens is 528 g/mol. The summed E-state index contributed by atoms with van der Waals surface area (Å²) in [5.74, 6) is -2.37. The summed E-state index contributed by atoms with van der Waals surface area (Å²) in [6, 6.07) is 5.48. The van der Waals surface area contributed by atoms with Gasteiger partial charge in [-0.25, -0.2) is 4.79 Å². The largest absolute Gasteiger partial charge is 0.444 e. The molecule has 3 aromatic rings. The third-order valence-electron chi connectivity index (χ3n) is 6.88. The number of amides is 5. The van der Waals surface area contributed by atoms with Crippen molar-refractivity contribution in [1.82, 2.24) is 29.3 Å². The Balaban J connectivity index is 1.22. The predicted octanol–water partition coefficient (Wildman–Crippen LogP) is 0.326. The van der Waals surface area contributed by atoms with Gasteiger partial charge in [0, 0.05) is 50.6 Å². The Bertz CT molecular complexity index is 1510. The van der Waals surface area contributed by atoms with E-state index < -0.39 is 17.9 Å². The molecule has 0 spiro atoms. The molecule has 2 aliphatic heterocycles. The maximum absolute atomic E-state index is 12.8. The highest BCUT2D eigenvalue weighted by Gasteiger charge is 2.32. The molecule has 39 heavy (non-hydrogen) atoms. The van der Waals surface area contributed by atoms with Gasteiger partial charge in [-0.2, -0.15) is 9.47 Å². The number of piperazine rings is 1. The fraction of sp³-hybridized carbons (Fsp3) is 0.375. The number of ether oxygens (including phenoxy) is 1. The number of hydrogen-bond acceptors (Lipinski definition) is 10. The number of carbonyl (C=O) groups is 5. The molecule has 5 N–H and O–H groups in total. The maximum Gasteiger partial charge on any atom is 0.410 e. The second-order valence-corrected chi connectivity index (χ2v) is 10.1. The normalized spacial score (nSPS) is 17.8. The number of benzene rings is 1. The number of nitrogens with one attached hydrogen (secondary N) is 1. The maximum atomic E-state index is 12.8. The van der Waals surface area contributed by atoms with Crippen molar-refractivity contribution < 1.29 is 28.7 Å². The van der Waals surface area contributed by atoms with E-state index in [2.05, 4.69) is 14.8 Å². The lowest BCUT2D eigenvalue weighted by Gasteiger charge is -2.33. The van der Waals surface area contributed by atoms with Crippen LogP contribution in [0.2, 0.25) is 0 Å². The highest BCUT2D eigenvalue weighted by molar-refractivity contribution is 7.09. The standard InChI is InChI=1S/C24H26N8O6S/c1-30-19-12(3-2-4-13(19)17(28-30)14-5-6-15(33)27-22(14)35)11-38-24(37)32-9-7-31(8-10-32)23(36)20-16(25)18(21(26)34)29-39-20/h2-4,14H,5-11,25H2,1H3,(H2,26,34)(H,27,33,35). The summed E-state index contributed by atoms with van der Waals surface area (Å²) in [7, 11) is 1.75. The summed E-state index contributed by atoms with van der Waals surface area (Å²) in [4.78, 5) is 64.2. The van der Waals surface area contributed by atoms with Crippen LogP contribution < -0.4 is 16.8 Å². The van der Waals surface area contributed by atoms with Gasteiger partial charge in [0.05, 0.1) is 22.8 Å². The molecule has 2 saturated heterocycles. The Kier molecular flexibility index (Phi) is 6.91. The van der Waals surface area contributed by atoms with Gasteiger partial charge >= 0.3 is 6.09 Å². The van der Waals surface area contributed by atoms with Crippen LogP contribution in [0.25, 0.3) is 10.9 Å². The van der Waals surface area contributed by atoms with Gasteiger partial charge in [-0.15, -0.1) is 0 Å². The summed E-state index contributed by atoms with van der Waals surface area (Å²) in [5.41, 5.74) is 13.0. The summed E-state index contributed by atoms with van der Waals surface area (Å²) in [6.45, 7) is 0.994. The van der Waals surface area contributed by atoms with Crippen LogP contribution in [-0.2, 0) is 28.0 Å². The van der Waals surface area contributed by atoms with Crippen molar-refractivity contribution in [3.05, 3.63) is 40.0 Å². The van der Waals surface area contributed by atoms with E-state index in [1.165, 1.54) is 9.80 Å². The predicted molar refractivity (Wildman–Crippen MR) is 139 cm³/mol. The topological polar surface area (TPSA) is 196 Å². The van der Waals surface area contributed by atoms with Crippen molar-refractivity contribution >= 4 is 57.8 Å². The number of rotatable bonds is 5. The number of primary amides is 1. The molecule has 0 aliphatic carbocycles. The molecule has 4 heterocycles. The first-order chi connectivity index (χ1) is 18.7. The summed E-state index contributed by atoms with van der Waals surface area (Å²) in [6.07, 6.45) is 0.100. The molecule has 5 rings (SSSR count). The summed E-state index contributed by atoms with van der Waals surface area (Å²) >= 11 is 0.816. The summed E-state index contributed by atoms with van der Waals surface area (Å²) < 4.78 is 11.1. The zero-order valence-corrected chi connectivity index (χ0v) is 21.8. The van der Waals surface area contributed by atoms with Crippen molar-refractivity contribution in [2.75, 3.05) is 31.9 Å². The lowest BCUT2D eigenvalue weighted by molar-refractivity contribution is -0.134. The average Bonchev–Trinajstić information content (AvgIpc) is 3.47. The monoisotopic (exact) mass is 554 g/mol. The third-order valence-corrected chi connectivity index (χ3v) is 7.73. The molecular formula is C24H26N8O6S. The molecule has 1 unspecified atom stereocenters. The molecule has 2 aliphatic rings. The second-order valence-electron chi connectivity index (χ2n) is 9.30. The van der Waals surface area contributed by atoms with E-state index in [0.29, 0.717) is 17.7 Å². The highest BCUT2D eigenvalue weighted by Crippen LogP contribution is 2.32. The van der Waals surface area contributed by atoms with Gasteiger partial charge in [0.25, 0.3) is 11.8 Å². The Hall–Kier alpha value is -4.53. The van der Waals surface area contributed by atoms with Crippen LogP contribution in [0.1, 0.15) is 50.2 Å². The van der Waals surface area contributed by atoms with E-state index in [0.717, 1.165) is 22.4 Å². The van der Waals surface area contributed by atoms with E-state index in [1.54, 1.807) is 11.7 Å². The molecule has 14 nitrogen and oxygen atoms in total. The van der Waals surface area contributed by atoms with Crippen LogP contribution in [0.15, 0.2) is 18.2 Å². The molecule has 0 saturated carbocycles. The molecule has 0 bridgehead atoms. The zero-order valence-electron chi connectivity index (χ0n) is 21.0. The van der Waals surface area contributed by atoms with Gasteiger partial charge in [-0.1, -0.05) is 18.2 Å². The fourth-order valence-electron chi connectivity index (χ4n) is 4.87. The zero-order chi connectivity index (χ0) is 27.8. The van der Waals surface area contributed by atoms with Gasteiger partial charge in [-0.3, -0.25) is 29.2 Å². The van der Waals surface area contributed by atoms with Crippen LogP contribution in [0.4, 0.5) is 10.5 Å². The smallest absolute Gasteiger partial charge is 0.410 e.